The maximum absolute atomic E-state index is 12.1. The Morgan fingerprint density at radius 3 is 2.36 bits per heavy atom. The number of nitro groups is 1. The first-order valence-corrected chi connectivity index (χ1v) is 7.56. The maximum Gasteiger partial charge on any atom is 0.289 e. The Hall–Kier alpha value is -2.74. The first-order valence-electron chi connectivity index (χ1n) is 6.12. The molecule has 0 fully saturated rings. The minimum atomic E-state index is -4.15. The molecule has 0 bridgehead atoms. The van der Waals surface area contributed by atoms with Gasteiger partial charge in [-0.05, 0) is 35.9 Å². The fraction of sp³-hybridized carbons (Fsp3) is 0.0714. The van der Waals surface area contributed by atoms with Crippen molar-refractivity contribution in [1.82, 2.24) is 0 Å². The van der Waals surface area contributed by atoms with Crippen LogP contribution in [0.2, 0.25) is 0 Å². The van der Waals surface area contributed by atoms with Gasteiger partial charge < -0.3 is 4.74 Å². The van der Waals surface area contributed by atoms with Crippen molar-refractivity contribution >= 4 is 21.9 Å². The van der Waals surface area contributed by atoms with Gasteiger partial charge in [0.2, 0.25) is 0 Å². The van der Waals surface area contributed by atoms with Gasteiger partial charge in [0.25, 0.3) is 15.7 Å². The van der Waals surface area contributed by atoms with Crippen LogP contribution in [0.5, 0.6) is 5.75 Å². The Morgan fingerprint density at radius 2 is 1.77 bits per heavy atom. The van der Waals surface area contributed by atoms with E-state index in [-0.39, 0.29) is 0 Å². The summed E-state index contributed by atoms with van der Waals surface area (Å²) in [5, 5.41) is 10.9. The molecule has 2 aromatic carbocycles. The van der Waals surface area contributed by atoms with Crippen LogP contribution < -0.4 is 4.74 Å². The molecule has 22 heavy (non-hydrogen) atoms. The van der Waals surface area contributed by atoms with Gasteiger partial charge in [-0.2, -0.15) is 12.8 Å². The number of hydrogen-bond acceptors (Lipinski definition) is 5. The normalized spacial score (nSPS) is 11.5. The van der Waals surface area contributed by atoms with Gasteiger partial charge in [0.1, 0.15) is 5.75 Å². The highest BCUT2D eigenvalue weighted by atomic mass is 32.2. The van der Waals surface area contributed by atoms with Crippen LogP contribution in [0.25, 0.3) is 0 Å². The molecular formula is C14H12N2O5S. The monoisotopic (exact) mass is 320 g/mol. The molecule has 2 rings (SSSR count). The zero-order chi connectivity index (χ0) is 16.2. The molecule has 0 radical (unpaired) electrons. The second kappa shape index (κ2) is 6.35. The molecular weight excluding hydrogens is 308 g/mol. The molecule has 0 aliphatic rings. The highest BCUT2D eigenvalue weighted by Gasteiger charge is 2.23. The van der Waals surface area contributed by atoms with Crippen LogP contribution in [-0.2, 0) is 10.0 Å². The number of ether oxygens (including phenoxy) is 1. The van der Waals surface area contributed by atoms with Gasteiger partial charge in [0.05, 0.1) is 12.0 Å². The molecule has 0 heterocycles. The summed E-state index contributed by atoms with van der Waals surface area (Å²) in [5.41, 5.74) is 0.0253. The molecule has 114 valence electrons. The molecule has 0 aliphatic carbocycles. The molecule has 8 heteroatoms. The summed E-state index contributed by atoms with van der Waals surface area (Å²) in [7, 11) is -2.64. The van der Waals surface area contributed by atoms with Crippen molar-refractivity contribution in [3.05, 3.63) is 64.2 Å². The molecule has 0 amide bonds. The van der Waals surface area contributed by atoms with E-state index in [1.807, 2.05) is 0 Å². The van der Waals surface area contributed by atoms with E-state index in [0.29, 0.717) is 11.3 Å². The van der Waals surface area contributed by atoms with Crippen LogP contribution in [0.15, 0.2) is 57.8 Å². The second-order valence-electron chi connectivity index (χ2n) is 4.21. The van der Waals surface area contributed by atoms with Crippen LogP contribution in [0, 0.1) is 10.1 Å². The predicted octanol–water partition coefficient (Wildman–Crippen LogP) is 2.41. The maximum atomic E-state index is 12.1. The van der Waals surface area contributed by atoms with E-state index in [1.165, 1.54) is 19.2 Å². The fourth-order valence-corrected chi connectivity index (χ4v) is 2.73. The minimum absolute atomic E-state index is 0.440. The molecule has 2 aromatic rings. The first kappa shape index (κ1) is 15.6. The highest BCUT2D eigenvalue weighted by molar-refractivity contribution is 7.90. The number of rotatable bonds is 5. The lowest BCUT2D eigenvalue weighted by Crippen LogP contribution is -2.02. The predicted molar refractivity (Wildman–Crippen MR) is 80.9 cm³/mol. The van der Waals surface area contributed by atoms with Gasteiger partial charge in [-0.15, -0.1) is 0 Å². The average molecular weight is 320 g/mol. The lowest BCUT2D eigenvalue weighted by molar-refractivity contribution is -0.387. The summed E-state index contributed by atoms with van der Waals surface area (Å²) in [4.78, 5) is 9.69. The lowest BCUT2D eigenvalue weighted by atomic mass is 10.2. The SMILES string of the molecule is COc1ccc(/C=N/S(=O)(=O)c2ccccc2[N+](=O)[O-])cc1. The van der Waals surface area contributed by atoms with E-state index in [2.05, 4.69) is 4.40 Å². The molecule has 7 nitrogen and oxygen atoms in total. The summed E-state index contributed by atoms with van der Waals surface area (Å²) in [6, 6.07) is 11.6. The third kappa shape index (κ3) is 3.47. The average Bonchev–Trinajstić information content (AvgIpc) is 2.53. The molecule has 0 atom stereocenters. The quantitative estimate of drug-likeness (QED) is 0.478. The smallest absolute Gasteiger partial charge is 0.289 e. The Balaban J connectivity index is 2.35. The third-order valence-electron chi connectivity index (χ3n) is 2.80. The molecule has 0 N–H and O–H groups in total. The number of sulfonamides is 1. The van der Waals surface area contributed by atoms with Gasteiger partial charge in [0.15, 0.2) is 4.90 Å². The fourth-order valence-electron chi connectivity index (χ4n) is 1.70. The lowest BCUT2D eigenvalue weighted by Gasteiger charge is -2.01. The summed E-state index contributed by atoms with van der Waals surface area (Å²) < 4.78 is 32.7. The number of benzene rings is 2. The number of nitrogens with zero attached hydrogens (tertiary/aromatic N) is 2. The van der Waals surface area contributed by atoms with Crippen molar-refractivity contribution in [2.45, 2.75) is 4.90 Å². The summed E-state index contributed by atoms with van der Waals surface area (Å²) in [6.07, 6.45) is 1.13. The van der Waals surface area contributed by atoms with Crippen LogP contribution >= 0.6 is 0 Å². The van der Waals surface area contributed by atoms with Crippen molar-refractivity contribution in [1.29, 1.82) is 0 Å². The third-order valence-corrected chi connectivity index (χ3v) is 4.08. The standard InChI is InChI=1S/C14H12N2O5S/c1-21-12-8-6-11(7-9-12)10-15-22(19,20)14-5-3-2-4-13(14)16(17)18/h2-10H,1H3/b15-10+. The topological polar surface area (TPSA) is 98.9 Å². The van der Waals surface area contributed by atoms with E-state index >= 15 is 0 Å². The van der Waals surface area contributed by atoms with Crippen molar-refractivity contribution < 1.29 is 18.1 Å². The highest BCUT2D eigenvalue weighted by Crippen LogP contribution is 2.24. The number of para-hydroxylation sites is 1. The molecule has 0 spiro atoms. The van der Waals surface area contributed by atoms with Crippen LogP contribution in [0.4, 0.5) is 5.69 Å². The Kier molecular flexibility index (Phi) is 4.52. The van der Waals surface area contributed by atoms with Crippen LogP contribution in [0.1, 0.15) is 5.56 Å². The van der Waals surface area contributed by atoms with Crippen molar-refractivity contribution in [3.8, 4) is 5.75 Å². The van der Waals surface area contributed by atoms with E-state index < -0.39 is 25.5 Å². The van der Waals surface area contributed by atoms with Gasteiger partial charge in [-0.25, -0.2) is 0 Å². The number of hydrogen-bond donors (Lipinski definition) is 0. The Bertz CT molecular complexity index is 813. The zero-order valence-electron chi connectivity index (χ0n) is 11.5. The summed E-state index contributed by atoms with van der Waals surface area (Å²) >= 11 is 0. The van der Waals surface area contributed by atoms with E-state index in [0.717, 1.165) is 18.3 Å². The van der Waals surface area contributed by atoms with E-state index in [4.69, 9.17) is 4.74 Å². The molecule has 0 aliphatic heterocycles. The Morgan fingerprint density at radius 1 is 1.14 bits per heavy atom. The number of methoxy groups -OCH3 is 1. The number of nitro benzene ring substituents is 1. The van der Waals surface area contributed by atoms with E-state index in [1.54, 1.807) is 24.3 Å². The van der Waals surface area contributed by atoms with Gasteiger partial charge in [-0.3, -0.25) is 10.1 Å². The second-order valence-corrected chi connectivity index (χ2v) is 5.81. The molecule has 0 unspecified atom stereocenters. The Labute approximate surface area is 127 Å². The van der Waals surface area contributed by atoms with Crippen molar-refractivity contribution in [2.75, 3.05) is 7.11 Å². The zero-order valence-corrected chi connectivity index (χ0v) is 12.4. The van der Waals surface area contributed by atoms with Gasteiger partial charge in [-0.1, -0.05) is 12.1 Å². The molecule has 0 saturated heterocycles. The van der Waals surface area contributed by atoms with Gasteiger partial charge in [0, 0.05) is 12.3 Å². The molecule has 0 saturated carbocycles. The van der Waals surface area contributed by atoms with Gasteiger partial charge >= 0.3 is 0 Å². The van der Waals surface area contributed by atoms with Crippen LogP contribution in [-0.4, -0.2) is 26.7 Å². The van der Waals surface area contributed by atoms with Crippen molar-refractivity contribution in [3.63, 3.8) is 0 Å². The van der Waals surface area contributed by atoms with Crippen molar-refractivity contribution in [2.24, 2.45) is 4.40 Å². The van der Waals surface area contributed by atoms with Crippen LogP contribution in [0.3, 0.4) is 0 Å². The largest absolute Gasteiger partial charge is 0.497 e. The minimum Gasteiger partial charge on any atom is -0.497 e. The summed E-state index contributed by atoms with van der Waals surface area (Å²) in [6.45, 7) is 0. The summed E-state index contributed by atoms with van der Waals surface area (Å²) in [5.74, 6) is 0.624. The van der Waals surface area contributed by atoms with E-state index in [9.17, 15) is 18.5 Å². The molecule has 0 aromatic heterocycles. The first-order chi connectivity index (χ1) is 10.4.